The lowest BCUT2D eigenvalue weighted by molar-refractivity contribution is 0.108. The van der Waals surface area contributed by atoms with Crippen LogP contribution >= 0.6 is 11.6 Å². The minimum absolute atomic E-state index is 0.122. The van der Waals surface area contributed by atoms with Crippen LogP contribution in [-0.2, 0) is 5.67 Å². The molecule has 0 aromatic carbocycles. The normalized spacial score (nSPS) is 26.3. The average Bonchev–Trinajstić information content (AvgIpc) is 2.62. The van der Waals surface area contributed by atoms with Crippen LogP contribution in [0.25, 0.3) is 0 Å². The highest BCUT2D eigenvalue weighted by atomic mass is 35.5. The lowest BCUT2D eigenvalue weighted by Crippen LogP contribution is -2.41. The molecule has 1 fully saturated rings. The summed E-state index contributed by atoms with van der Waals surface area (Å²) in [5.74, 6) is 0. The molecule has 1 aliphatic heterocycles. The smallest absolute Gasteiger partial charge is 0.166 e. The largest absolute Gasteiger partial charge is 0.313 e. The van der Waals surface area contributed by atoms with Gasteiger partial charge in [-0.1, -0.05) is 11.6 Å². The van der Waals surface area contributed by atoms with Crippen molar-refractivity contribution >= 4 is 11.6 Å². The molecule has 1 aromatic rings. The zero-order valence-corrected chi connectivity index (χ0v) is 10.4. The molecule has 2 rings (SSSR count). The molecule has 16 heavy (non-hydrogen) atoms. The Hall–Kier alpha value is -0.610. The van der Waals surface area contributed by atoms with E-state index in [-0.39, 0.29) is 6.04 Å². The molecule has 1 atom stereocenters. The minimum atomic E-state index is -1.38. The maximum atomic E-state index is 14.8. The van der Waals surface area contributed by atoms with Gasteiger partial charge in [0.15, 0.2) is 5.67 Å². The molecule has 1 saturated heterocycles. The van der Waals surface area contributed by atoms with Crippen molar-refractivity contribution in [3.05, 3.63) is 16.9 Å². The monoisotopic (exact) mass is 245 g/mol. The van der Waals surface area contributed by atoms with Crippen LogP contribution in [0.3, 0.4) is 0 Å². The first-order valence-electron chi connectivity index (χ1n) is 5.68. The second kappa shape index (κ2) is 4.34. The molecular weight excluding hydrogens is 229 g/mol. The summed E-state index contributed by atoms with van der Waals surface area (Å²) in [7, 11) is 0. The van der Waals surface area contributed by atoms with E-state index in [0.29, 0.717) is 23.7 Å². The SMILES string of the molecule is CC(C)n1ncc(Cl)c1C1(F)CCCNC1. The minimum Gasteiger partial charge on any atom is -0.313 e. The Morgan fingerprint density at radius 2 is 2.38 bits per heavy atom. The summed E-state index contributed by atoms with van der Waals surface area (Å²) in [6.07, 6.45) is 2.88. The van der Waals surface area contributed by atoms with Gasteiger partial charge in [-0.2, -0.15) is 5.10 Å². The predicted molar refractivity (Wildman–Crippen MR) is 62.5 cm³/mol. The molecule has 1 aliphatic rings. The van der Waals surface area contributed by atoms with Gasteiger partial charge in [0.1, 0.15) is 0 Å². The number of rotatable bonds is 2. The first-order chi connectivity index (χ1) is 7.54. The summed E-state index contributed by atoms with van der Waals surface area (Å²) >= 11 is 6.06. The van der Waals surface area contributed by atoms with Crippen molar-refractivity contribution < 1.29 is 4.39 Å². The molecule has 2 heterocycles. The third kappa shape index (κ3) is 1.96. The van der Waals surface area contributed by atoms with Gasteiger partial charge in [0, 0.05) is 12.6 Å². The average molecular weight is 246 g/mol. The number of aromatic nitrogens is 2. The van der Waals surface area contributed by atoms with E-state index in [0.717, 1.165) is 13.0 Å². The molecule has 3 nitrogen and oxygen atoms in total. The quantitative estimate of drug-likeness (QED) is 0.868. The summed E-state index contributed by atoms with van der Waals surface area (Å²) in [6, 6.07) is 0.122. The fraction of sp³-hybridized carbons (Fsp3) is 0.727. The number of hydrogen-bond donors (Lipinski definition) is 1. The van der Waals surface area contributed by atoms with Gasteiger partial charge in [-0.05, 0) is 33.2 Å². The molecule has 0 bridgehead atoms. The molecule has 1 aromatic heterocycles. The van der Waals surface area contributed by atoms with Gasteiger partial charge in [-0.15, -0.1) is 0 Å². The summed E-state index contributed by atoms with van der Waals surface area (Å²) in [5.41, 5.74) is -0.854. The Morgan fingerprint density at radius 3 is 2.94 bits per heavy atom. The lowest BCUT2D eigenvalue weighted by Gasteiger charge is -2.31. The fourth-order valence-corrected chi connectivity index (χ4v) is 2.52. The Balaban J connectivity index is 2.41. The Bertz CT molecular complexity index is 369. The van der Waals surface area contributed by atoms with Crippen molar-refractivity contribution in [3.8, 4) is 0 Å². The van der Waals surface area contributed by atoms with Crippen molar-refractivity contribution in [2.75, 3.05) is 13.1 Å². The molecule has 0 amide bonds. The number of nitrogens with one attached hydrogen (secondary N) is 1. The van der Waals surface area contributed by atoms with Crippen LogP contribution in [0.5, 0.6) is 0 Å². The van der Waals surface area contributed by atoms with Gasteiger partial charge in [0.05, 0.1) is 16.9 Å². The third-order valence-corrected chi connectivity index (χ3v) is 3.27. The van der Waals surface area contributed by atoms with Crippen LogP contribution in [0.15, 0.2) is 6.20 Å². The van der Waals surface area contributed by atoms with E-state index in [9.17, 15) is 4.39 Å². The van der Waals surface area contributed by atoms with Crippen LogP contribution in [0, 0.1) is 0 Å². The van der Waals surface area contributed by atoms with Crippen LogP contribution in [0.1, 0.15) is 38.4 Å². The number of nitrogens with zero attached hydrogens (tertiary/aromatic N) is 2. The van der Waals surface area contributed by atoms with Crippen LogP contribution in [-0.4, -0.2) is 22.9 Å². The van der Waals surface area contributed by atoms with Gasteiger partial charge >= 0.3 is 0 Å². The van der Waals surface area contributed by atoms with E-state index in [4.69, 9.17) is 11.6 Å². The first kappa shape index (κ1) is 11.9. The summed E-state index contributed by atoms with van der Waals surface area (Å²) in [6.45, 7) is 5.16. The molecule has 1 unspecified atom stereocenters. The predicted octanol–water partition coefficient (Wildman–Crippen LogP) is 2.67. The highest BCUT2D eigenvalue weighted by Gasteiger charge is 2.39. The molecule has 90 valence electrons. The van der Waals surface area contributed by atoms with Crippen LogP contribution < -0.4 is 5.32 Å². The molecule has 0 saturated carbocycles. The van der Waals surface area contributed by atoms with Crippen LogP contribution in [0.4, 0.5) is 4.39 Å². The van der Waals surface area contributed by atoms with Gasteiger partial charge in [0.25, 0.3) is 0 Å². The fourth-order valence-electron chi connectivity index (χ4n) is 2.22. The van der Waals surface area contributed by atoms with E-state index < -0.39 is 5.67 Å². The van der Waals surface area contributed by atoms with Crippen molar-refractivity contribution in [2.45, 2.75) is 38.4 Å². The summed E-state index contributed by atoms with van der Waals surface area (Å²) in [4.78, 5) is 0. The van der Waals surface area contributed by atoms with Crippen molar-refractivity contribution in [2.24, 2.45) is 0 Å². The Morgan fingerprint density at radius 1 is 1.62 bits per heavy atom. The number of hydrogen-bond acceptors (Lipinski definition) is 2. The highest BCUT2D eigenvalue weighted by Crippen LogP contribution is 2.37. The number of halogens is 2. The molecule has 0 radical (unpaired) electrons. The molecular formula is C11H17ClFN3. The van der Waals surface area contributed by atoms with Gasteiger partial charge in [-0.3, -0.25) is 4.68 Å². The number of piperidine rings is 1. The van der Waals surface area contributed by atoms with E-state index in [2.05, 4.69) is 10.4 Å². The van der Waals surface area contributed by atoms with Crippen molar-refractivity contribution in [3.63, 3.8) is 0 Å². The second-order valence-corrected chi connectivity index (χ2v) is 5.03. The standard InChI is InChI=1S/C11H17ClFN3/c1-8(2)16-10(9(12)6-15-16)11(13)4-3-5-14-7-11/h6,8,14H,3-5,7H2,1-2H3. The van der Waals surface area contributed by atoms with Crippen molar-refractivity contribution in [1.29, 1.82) is 0 Å². The highest BCUT2D eigenvalue weighted by molar-refractivity contribution is 6.31. The number of alkyl halides is 1. The Kier molecular flexibility index (Phi) is 3.22. The van der Waals surface area contributed by atoms with E-state index >= 15 is 0 Å². The maximum absolute atomic E-state index is 14.8. The Labute approximate surface area is 100.0 Å². The third-order valence-electron chi connectivity index (χ3n) is 3.00. The second-order valence-electron chi connectivity index (χ2n) is 4.63. The maximum Gasteiger partial charge on any atom is 0.166 e. The van der Waals surface area contributed by atoms with Gasteiger partial charge in [-0.25, -0.2) is 4.39 Å². The topological polar surface area (TPSA) is 29.9 Å². The van der Waals surface area contributed by atoms with Crippen LogP contribution in [0.2, 0.25) is 5.02 Å². The lowest BCUT2D eigenvalue weighted by atomic mass is 9.92. The molecule has 0 spiro atoms. The molecule has 0 aliphatic carbocycles. The van der Waals surface area contributed by atoms with E-state index in [1.54, 1.807) is 4.68 Å². The molecule has 5 heteroatoms. The summed E-state index contributed by atoms with van der Waals surface area (Å²) in [5, 5.41) is 7.67. The van der Waals surface area contributed by atoms with Gasteiger partial charge in [0.2, 0.25) is 0 Å². The van der Waals surface area contributed by atoms with Gasteiger partial charge < -0.3 is 5.32 Å². The molecule has 1 N–H and O–H groups in total. The van der Waals surface area contributed by atoms with E-state index in [1.165, 1.54) is 6.20 Å². The van der Waals surface area contributed by atoms with Crippen molar-refractivity contribution in [1.82, 2.24) is 15.1 Å². The zero-order chi connectivity index (χ0) is 11.8. The summed E-state index contributed by atoms with van der Waals surface area (Å²) < 4.78 is 16.5. The van der Waals surface area contributed by atoms with E-state index in [1.807, 2.05) is 13.8 Å². The first-order valence-corrected chi connectivity index (χ1v) is 6.05. The zero-order valence-electron chi connectivity index (χ0n) is 9.63.